The summed E-state index contributed by atoms with van der Waals surface area (Å²) in [6, 6.07) is 23.7. The minimum Gasteiger partial charge on any atom is -0.295 e. The fourth-order valence-electron chi connectivity index (χ4n) is 2.77. The monoisotopic (exact) mass is 301 g/mol. The summed E-state index contributed by atoms with van der Waals surface area (Å²) < 4.78 is 3.08. The molecule has 0 fully saturated rings. The summed E-state index contributed by atoms with van der Waals surface area (Å²) in [4.78, 5) is 12.6. The van der Waals surface area contributed by atoms with Crippen LogP contribution in [0.5, 0.6) is 0 Å². The van der Waals surface area contributed by atoms with Gasteiger partial charge >= 0.3 is 5.69 Å². The molecular weight excluding hydrogens is 286 g/mol. The summed E-state index contributed by atoms with van der Waals surface area (Å²) in [5, 5.41) is 4.46. The van der Waals surface area contributed by atoms with Crippen LogP contribution in [0.3, 0.4) is 0 Å². The van der Waals surface area contributed by atoms with Gasteiger partial charge in [-0.25, -0.2) is 4.79 Å². The van der Waals surface area contributed by atoms with Gasteiger partial charge in [0.15, 0.2) is 0 Å². The van der Waals surface area contributed by atoms with Crippen LogP contribution in [0, 0.1) is 0 Å². The van der Waals surface area contributed by atoms with E-state index in [-0.39, 0.29) is 5.69 Å². The highest BCUT2D eigenvalue weighted by Gasteiger charge is 2.11. The highest BCUT2D eigenvalue weighted by Crippen LogP contribution is 2.22. The lowest BCUT2D eigenvalue weighted by molar-refractivity contribution is 0.752. The summed E-state index contributed by atoms with van der Waals surface area (Å²) in [6.45, 7) is 0. The lowest BCUT2D eigenvalue weighted by Gasteiger charge is -2.08. The Bertz CT molecular complexity index is 1030. The molecule has 0 aliphatic heterocycles. The molecular formula is C19H15N3O. The van der Waals surface area contributed by atoms with Crippen LogP contribution in [-0.2, 0) is 7.05 Å². The second kappa shape index (κ2) is 5.25. The molecule has 2 aromatic heterocycles. The first kappa shape index (κ1) is 13.5. The molecule has 0 unspecified atom stereocenters. The normalized spacial score (nSPS) is 11.0. The Hall–Kier alpha value is -3.14. The van der Waals surface area contributed by atoms with E-state index in [1.165, 1.54) is 4.52 Å². The van der Waals surface area contributed by atoms with E-state index in [1.807, 2.05) is 72.8 Å². The van der Waals surface area contributed by atoms with Crippen molar-refractivity contribution < 1.29 is 0 Å². The summed E-state index contributed by atoms with van der Waals surface area (Å²) in [7, 11) is 1.77. The molecule has 4 nitrogen and oxygen atoms in total. The van der Waals surface area contributed by atoms with Crippen LogP contribution in [0.25, 0.3) is 28.0 Å². The lowest BCUT2D eigenvalue weighted by Crippen LogP contribution is -2.26. The highest BCUT2D eigenvalue weighted by atomic mass is 16.1. The molecule has 0 saturated carbocycles. The van der Waals surface area contributed by atoms with Gasteiger partial charge in [-0.1, -0.05) is 60.7 Å². The zero-order valence-electron chi connectivity index (χ0n) is 12.7. The van der Waals surface area contributed by atoms with E-state index in [0.717, 1.165) is 28.0 Å². The molecule has 0 aliphatic carbocycles. The molecule has 112 valence electrons. The van der Waals surface area contributed by atoms with E-state index >= 15 is 0 Å². The van der Waals surface area contributed by atoms with Crippen molar-refractivity contribution >= 4 is 5.52 Å². The molecule has 0 aliphatic rings. The molecule has 0 spiro atoms. The van der Waals surface area contributed by atoms with Crippen LogP contribution in [0.15, 0.2) is 77.6 Å². The standard InChI is InChI=1S/C19H15N3O/c1-21-18(15-10-6-3-7-11-15)13-16-12-17(20-22(16)19(21)23)14-8-4-2-5-9-14/h2-13H,1H3. The average molecular weight is 301 g/mol. The molecule has 4 heteroatoms. The van der Waals surface area contributed by atoms with Gasteiger partial charge in [-0.05, 0) is 17.7 Å². The van der Waals surface area contributed by atoms with Crippen LogP contribution >= 0.6 is 0 Å². The molecule has 2 heterocycles. The van der Waals surface area contributed by atoms with Gasteiger partial charge in [-0.3, -0.25) is 4.57 Å². The van der Waals surface area contributed by atoms with Crippen LogP contribution in [0.1, 0.15) is 0 Å². The number of hydrogen-bond acceptors (Lipinski definition) is 2. The zero-order chi connectivity index (χ0) is 15.8. The zero-order valence-corrected chi connectivity index (χ0v) is 12.7. The SMILES string of the molecule is Cn1c(-c2ccccc2)cc2cc(-c3ccccc3)nn2c1=O. The fraction of sp³-hybridized carbons (Fsp3) is 0.0526. The van der Waals surface area contributed by atoms with Crippen molar-refractivity contribution in [1.29, 1.82) is 0 Å². The summed E-state index contributed by atoms with van der Waals surface area (Å²) in [5.74, 6) is 0. The van der Waals surface area contributed by atoms with Crippen molar-refractivity contribution in [2.75, 3.05) is 0 Å². The van der Waals surface area contributed by atoms with Crippen molar-refractivity contribution in [2.45, 2.75) is 0 Å². The maximum absolute atomic E-state index is 12.6. The van der Waals surface area contributed by atoms with Gasteiger partial charge < -0.3 is 0 Å². The summed E-state index contributed by atoms with van der Waals surface area (Å²) in [6.07, 6.45) is 0. The Morgan fingerprint density at radius 3 is 2.09 bits per heavy atom. The van der Waals surface area contributed by atoms with E-state index in [9.17, 15) is 4.79 Å². The Morgan fingerprint density at radius 2 is 1.43 bits per heavy atom. The van der Waals surface area contributed by atoms with Crippen molar-refractivity contribution in [1.82, 2.24) is 14.2 Å². The largest absolute Gasteiger partial charge is 0.349 e. The molecule has 0 radical (unpaired) electrons. The van der Waals surface area contributed by atoms with E-state index in [1.54, 1.807) is 11.6 Å². The number of benzene rings is 2. The Labute approximate surface area is 133 Å². The molecule has 0 amide bonds. The van der Waals surface area contributed by atoms with Crippen molar-refractivity contribution in [3.05, 3.63) is 83.3 Å². The fourth-order valence-corrected chi connectivity index (χ4v) is 2.77. The molecule has 4 rings (SSSR count). The van der Waals surface area contributed by atoms with Gasteiger partial charge in [0.2, 0.25) is 0 Å². The van der Waals surface area contributed by atoms with Gasteiger partial charge in [0.05, 0.1) is 16.9 Å². The molecule has 23 heavy (non-hydrogen) atoms. The van der Waals surface area contributed by atoms with E-state index in [0.29, 0.717) is 0 Å². The van der Waals surface area contributed by atoms with Crippen molar-refractivity contribution in [2.24, 2.45) is 7.05 Å². The molecule has 0 bridgehead atoms. The first-order chi connectivity index (χ1) is 11.2. The van der Waals surface area contributed by atoms with Gasteiger partial charge in [0, 0.05) is 12.6 Å². The van der Waals surface area contributed by atoms with E-state index < -0.39 is 0 Å². The molecule has 4 aromatic rings. The first-order valence-electron chi connectivity index (χ1n) is 7.45. The number of nitrogens with zero attached hydrogens (tertiary/aromatic N) is 3. The predicted octanol–water partition coefficient (Wildman–Crippen LogP) is 3.37. The van der Waals surface area contributed by atoms with Gasteiger partial charge in [0.25, 0.3) is 0 Å². The number of hydrogen-bond donors (Lipinski definition) is 0. The number of rotatable bonds is 2. The molecule has 0 atom stereocenters. The summed E-state index contributed by atoms with van der Waals surface area (Å²) in [5.41, 5.74) is 4.33. The van der Waals surface area contributed by atoms with Crippen molar-refractivity contribution in [3.8, 4) is 22.5 Å². The van der Waals surface area contributed by atoms with E-state index in [2.05, 4.69) is 5.10 Å². The summed E-state index contributed by atoms with van der Waals surface area (Å²) >= 11 is 0. The quantitative estimate of drug-likeness (QED) is 0.569. The Kier molecular flexibility index (Phi) is 3.08. The van der Waals surface area contributed by atoms with Crippen LogP contribution in [0.2, 0.25) is 0 Å². The predicted molar refractivity (Wildman–Crippen MR) is 91.3 cm³/mol. The third kappa shape index (κ3) is 2.25. The third-order valence-electron chi connectivity index (χ3n) is 3.99. The third-order valence-corrected chi connectivity index (χ3v) is 3.99. The second-order valence-electron chi connectivity index (χ2n) is 5.47. The van der Waals surface area contributed by atoms with Crippen molar-refractivity contribution in [3.63, 3.8) is 0 Å². The Balaban J connectivity index is 1.96. The lowest BCUT2D eigenvalue weighted by atomic mass is 10.1. The van der Waals surface area contributed by atoms with Crippen LogP contribution in [0.4, 0.5) is 0 Å². The Morgan fingerprint density at radius 1 is 0.826 bits per heavy atom. The topological polar surface area (TPSA) is 39.3 Å². The highest BCUT2D eigenvalue weighted by molar-refractivity contribution is 5.70. The molecule has 0 saturated heterocycles. The molecule has 0 N–H and O–H groups in total. The minimum atomic E-state index is -0.150. The first-order valence-corrected chi connectivity index (χ1v) is 7.45. The molecule has 2 aromatic carbocycles. The number of fused-ring (bicyclic) bond motifs is 1. The minimum absolute atomic E-state index is 0.150. The second-order valence-corrected chi connectivity index (χ2v) is 5.47. The maximum atomic E-state index is 12.6. The number of aromatic nitrogens is 3. The van der Waals surface area contributed by atoms with E-state index in [4.69, 9.17) is 0 Å². The van der Waals surface area contributed by atoms with Gasteiger partial charge in [-0.15, -0.1) is 0 Å². The average Bonchev–Trinajstić information content (AvgIpc) is 3.04. The smallest absolute Gasteiger partial charge is 0.295 e. The van der Waals surface area contributed by atoms with Gasteiger partial charge in [-0.2, -0.15) is 9.61 Å². The van der Waals surface area contributed by atoms with Crippen LogP contribution in [-0.4, -0.2) is 14.2 Å². The van der Waals surface area contributed by atoms with Gasteiger partial charge in [0.1, 0.15) is 0 Å². The van der Waals surface area contributed by atoms with Crippen LogP contribution < -0.4 is 5.69 Å². The maximum Gasteiger partial charge on any atom is 0.349 e.